The number of aromatic nitrogens is 4. The third-order valence-electron chi connectivity index (χ3n) is 4.90. The van der Waals surface area contributed by atoms with Gasteiger partial charge in [-0.1, -0.05) is 24.6 Å². The lowest BCUT2D eigenvalue weighted by atomic mass is 10.1. The summed E-state index contributed by atoms with van der Waals surface area (Å²) < 4.78 is 43.5. The molecule has 0 aliphatic rings. The molecule has 2 heterocycles. The van der Waals surface area contributed by atoms with Crippen LogP contribution in [0, 0.1) is 17.5 Å². The van der Waals surface area contributed by atoms with Gasteiger partial charge in [-0.25, -0.2) is 18.2 Å². The van der Waals surface area contributed by atoms with Crippen LogP contribution in [0.5, 0.6) is 0 Å². The Morgan fingerprint density at radius 3 is 2.45 bits per heavy atom. The summed E-state index contributed by atoms with van der Waals surface area (Å²) in [5, 5.41) is 2.66. The molecule has 0 aliphatic heterocycles. The van der Waals surface area contributed by atoms with Crippen LogP contribution in [-0.2, 0) is 0 Å². The molecule has 0 saturated heterocycles. The molecule has 0 fully saturated rings. The predicted octanol–water partition coefficient (Wildman–Crippen LogP) is 3.97. The molecule has 170 valence electrons. The molecule has 2 aromatic carbocycles. The van der Waals surface area contributed by atoms with E-state index in [1.54, 1.807) is 6.92 Å². The van der Waals surface area contributed by atoms with E-state index in [0.29, 0.717) is 12.5 Å². The summed E-state index contributed by atoms with van der Waals surface area (Å²) in [6.07, 6.45) is 0.311. The minimum absolute atomic E-state index is 0.0137. The Morgan fingerprint density at radius 1 is 1.09 bits per heavy atom. The molecule has 12 heteroatoms. The zero-order valence-electron chi connectivity index (χ0n) is 17.1. The van der Waals surface area contributed by atoms with Crippen molar-refractivity contribution in [2.45, 2.75) is 19.4 Å². The fourth-order valence-electron chi connectivity index (χ4n) is 3.45. The van der Waals surface area contributed by atoms with Crippen molar-refractivity contribution in [3.05, 3.63) is 75.1 Å². The molecule has 0 spiro atoms. The van der Waals surface area contributed by atoms with Crippen molar-refractivity contribution in [2.75, 3.05) is 16.8 Å². The van der Waals surface area contributed by atoms with Crippen LogP contribution in [0.3, 0.4) is 0 Å². The number of nitrogens with one attached hydrogen (secondary N) is 1. The molecule has 4 aromatic rings. The Hall–Kier alpha value is -3.86. The highest BCUT2D eigenvalue weighted by Gasteiger charge is 2.24. The third-order valence-corrected chi connectivity index (χ3v) is 5.28. The van der Waals surface area contributed by atoms with E-state index >= 15 is 0 Å². The molecule has 0 saturated carbocycles. The summed E-state index contributed by atoms with van der Waals surface area (Å²) in [6, 6.07) is 5.74. The highest BCUT2D eigenvalue weighted by Crippen LogP contribution is 2.31. The lowest BCUT2D eigenvalue weighted by Crippen LogP contribution is -2.29. The SMILES string of the molecule is CCC(Nc1nc(N)nc(N)c1Cl)c1nc2cccc(F)c2c(=O)n1-c1cc(F)cc(F)c1. The first-order chi connectivity index (χ1) is 15.7. The maximum atomic E-state index is 14.5. The summed E-state index contributed by atoms with van der Waals surface area (Å²) in [4.78, 5) is 25.6. The molecule has 0 amide bonds. The Labute approximate surface area is 190 Å². The van der Waals surface area contributed by atoms with Crippen LogP contribution in [0.1, 0.15) is 25.2 Å². The summed E-state index contributed by atoms with van der Waals surface area (Å²) in [6.45, 7) is 1.76. The molecule has 0 bridgehead atoms. The number of nitrogens with zero attached hydrogens (tertiary/aromatic N) is 4. The van der Waals surface area contributed by atoms with Crippen LogP contribution in [0.25, 0.3) is 16.6 Å². The summed E-state index contributed by atoms with van der Waals surface area (Å²) >= 11 is 6.19. The van der Waals surface area contributed by atoms with Gasteiger partial charge in [0.15, 0.2) is 5.82 Å². The van der Waals surface area contributed by atoms with Gasteiger partial charge in [0.1, 0.15) is 39.5 Å². The summed E-state index contributed by atoms with van der Waals surface area (Å²) in [7, 11) is 0. The molecule has 5 N–H and O–H groups in total. The number of fused-ring (bicyclic) bond motifs is 1. The lowest BCUT2D eigenvalue weighted by molar-refractivity contribution is 0.578. The first kappa shape index (κ1) is 22.3. The topological polar surface area (TPSA) is 125 Å². The minimum Gasteiger partial charge on any atom is -0.382 e. The number of benzene rings is 2. The molecule has 1 unspecified atom stereocenters. The van der Waals surface area contributed by atoms with Gasteiger partial charge in [0.05, 0.1) is 17.2 Å². The van der Waals surface area contributed by atoms with E-state index in [2.05, 4.69) is 20.3 Å². The molecule has 1 atom stereocenters. The van der Waals surface area contributed by atoms with Gasteiger partial charge in [-0.2, -0.15) is 9.97 Å². The van der Waals surface area contributed by atoms with E-state index in [-0.39, 0.29) is 45.0 Å². The van der Waals surface area contributed by atoms with Gasteiger partial charge in [0, 0.05) is 6.07 Å². The van der Waals surface area contributed by atoms with Gasteiger partial charge in [-0.3, -0.25) is 9.36 Å². The van der Waals surface area contributed by atoms with Crippen LogP contribution in [0.4, 0.5) is 30.8 Å². The van der Waals surface area contributed by atoms with Crippen molar-refractivity contribution in [3.63, 3.8) is 0 Å². The number of hydrogen-bond donors (Lipinski definition) is 3. The largest absolute Gasteiger partial charge is 0.382 e. The van der Waals surface area contributed by atoms with Crippen molar-refractivity contribution in [2.24, 2.45) is 0 Å². The van der Waals surface area contributed by atoms with E-state index in [1.807, 2.05) is 0 Å². The highest BCUT2D eigenvalue weighted by molar-refractivity contribution is 6.35. The van der Waals surface area contributed by atoms with Crippen LogP contribution in [0.2, 0.25) is 5.02 Å². The average Bonchev–Trinajstić information content (AvgIpc) is 2.74. The van der Waals surface area contributed by atoms with Crippen LogP contribution < -0.4 is 22.3 Å². The molecule has 4 rings (SSSR count). The molecule has 33 heavy (non-hydrogen) atoms. The fraction of sp³-hybridized carbons (Fsp3) is 0.143. The second-order valence-electron chi connectivity index (χ2n) is 7.11. The number of nitrogens with two attached hydrogens (primary N) is 2. The lowest BCUT2D eigenvalue weighted by Gasteiger charge is -2.23. The van der Waals surface area contributed by atoms with Crippen molar-refractivity contribution >= 4 is 40.1 Å². The smallest absolute Gasteiger partial charge is 0.269 e. The van der Waals surface area contributed by atoms with Gasteiger partial charge in [0.25, 0.3) is 5.56 Å². The number of halogens is 4. The standard InChI is InChI=1S/C21H17ClF3N7O/c1-2-13(28-18-16(22)17(26)30-21(27)31-18)19-29-14-5-3-4-12(25)15(14)20(33)32(19)11-7-9(23)6-10(24)8-11/h3-8,13H,2H2,1H3,(H5,26,27,28,30,31). The van der Waals surface area contributed by atoms with E-state index in [0.717, 1.165) is 22.8 Å². The Kier molecular flexibility index (Phi) is 5.81. The predicted molar refractivity (Wildman–Crippen MR) is 120 cm³/mol. The number of rotatable bonds is 5. The average molecular weight is 476 g/mol. The van der Waals surface area contributed by atoms with Gasteiger partial charge < -0.3 is 16.8 Å². The van der Waals surface area contributed by atoms with E-state index < -0.39 is 29.1 Å². The zero-order valence-corrected chi connectivity index (χ0v) is 17.9. The highest BCUT2D eigenvalue weighted by atomic mass is 35.5. The molecule has 2 aromatic heterocycles. The summed E-state index contributed by atoms with van der Waals surface area (Å²) in [5.41, 5.74) is 10.5. The van der Waals surface area contributed by atoms with E-state index in [1.165, 1.54) is 12.1 Å². The third kappa shape index (κ3) is 4.14. The van der Waals surface area contributed by atoms with Crippen molar-refractivity contribution < 1.29 is 13.2 Å². The molecular weight excluding hydrogens is 459 g/mol. The van der Waals surface area contributed by atoms with Crippen LogP contribution >= 0.6 is 11.6 Å². The fourth-order valence-corrected chi connectivity index (χ4v) is 3.59. The van der Waals surface area contributed by atoms with Crippen molar-refractivity contribution in [3.8, 4) is 5.69 Å². The number of hydrogen-bond acceptors (Lipinski definition) is 7. The van der Waals surface area contributed by atoms with Crippen LogP contribution in [0.15, 0.2) is 41.2 Å². The Balaban J connectivity index is 2.00. The quantitative estimate of drug-likeness (QED) is 0.398. The summed E-state index contributed by atoms with van der Waals surface area (Å²) in [5.74, 6) is -2.76. The van der Waals surface area contributed by atoms with Crippen molar-refractivity contribution in [1.29, 1.82) is 0 Å². The monoisotopic (exact) mass is 475 g/mol. The van der Waals surface area contributed by atoms with E-state index in [9.17, 15) is 18.0 Å². The number of nitrogen functional groups attached to an aromatic ring is 2. The maximum absolute atomic E-state index is 14.5. The normalized spacial score (nSPS) is 12.2. The van der Waals surface area contributed by atoms with Crippen molar-refractivity contribution in [1.82, 2.24) is 19.5 Å². The Bertz CT molecular complexity index is 1420. The second-order valence-corrected chi connectivity index (χ2v) is 7.48. The maximum Gasteiger partial charge on any atom is 0.269 e. The van der Waals surface area contributed by atoms with Gasteiger partial charge in [-0.15, -0.1) is 0 Å². The van der Waals surface area contributed by atoms with E-state index in [4.69, 9.17) is 23.1 Å². The second kappa shape index (κ2) is 8.58. The molecule has 0 radical (unpaired) electrons. The first-order valence-electron chi connectivity index (χ1n) is 9.72. The van der Waals surface area contributed by atoms with Crippen LogP contribution in [-0.4, -0.2) is 19.5 Å². The molecule has 0 aliphatic carbocycles. The van der Waals surface area contributed by atoms with Gasteiger partial charge in [0.2, 0.25) is 5.95 Å². The Morgan fingerprint density at radius 2 is 1.79 bits per heavy atom. The zero-order chi connectivity index (χ0) is 23.9. The van der Waals surface area contributed by atoms with Gasteiger partial charge in [-0.05, 0) is 30.7 Å². The molecule has 8 nitrogen and oxygen atoms in total. The van der Waals surface area contributed by atoms with Gasteiger partial charge >= 0.3 is 0 Å². The molecular formula is C21H17ClF3N7O. The first-order valence-corrected chi connectivity index (χ1v) is 10.1. The minimum atomic E-state index is -0.920. The number of anilines is 3.